The van der Waals surface area contributed by atoms with Gasteiger partial charge in [-0.2, -0.15) is 0 Å². The van der Waals surface area contributed by atoms with Crippen LogP contribution in [0.4, 0.5) is 0 Å². The molecule has 0 aliphatic heterocycles. The molecule has 0 unspecified atom stereocenters. The van der Waals surface area contributed by atoms with E-state index in [0.29, 0.717) is 0 Å². The molecule has 0 aliphatic carbocycles. The third kappa shape index (κ3) is 2.38. The molecular formula is C16H14BrNO. The molecule has 2 aromatic carbocycles. The molecule has 3 rings (SSSR count). The second-order valence-corrected chi connectivity index (χ2v) is 5.33. The van der Waals surface area contributed by atoms with Gasteiger partial charge in [-0.25, -0.2) is 0 Å². The van der Waals surface area contributed by atoms with Crippen LogP contribution in [0, 0.1) is 0 Å². The first-order valence-corrected chi connectivity index (χ1v) is 6.93. The Morgan fingerprint density at radius 2 is 1.89 bits per heavy atom. The van der Waals surface area contributed by atoms with Crippen LogP contribution in [0.15, 0.2) is 59.2 Å². The van der Waals surface area contributed by atoms with Gasteiger partial charge in [0, 0.05) is 28.1 Å². The second-order valence-electron chi connectivity index (χ2n) is 4.47. The highest BCUT2D eigenvalue weighted by molar-refractivity contribution is 9.10. The Bertz CT molecular complexity index is 703. The third-order valence-electron chi connectivity index (χ3n) is 3.24. The molecule has 0 spiro atoms. The van der Waals surface area contributed by atoms with Gasteiger partial charge in [0.1, 0.15) is 5.75 Å². The first-order chi connectivity index (χ1) is 9.28. The highest BCUT2D eigenvalue weighted by atomic mass is 79.9. The van der Waals surface area contributed by atoms with Crippen molar-refractivity contribution in [2.75, 3.05) is 7.11 Å². The summed E-state index contributed by atoms with van der Waals surface area (Å²) in [7, 11) is 1.69. The number of methoxy groups -OCH3 is 1. The quantitative estimate of drug-likeness (QED) is 0.696. The van der Waals surface area contributed by atoms with Crippen LogP contribution in [0.5, 0.6) is 5.75 Å². The molecule has 0 saturated heterocycles. The summed E-state index contributed by atoms with van der Waals surface area (Å²) in [6.07, 6.45) is 2.12. The van der Waals surface area contributed by atoms with Crippen molar-refractivity contribution in [3.05, 3.63) is 64.8 Å². The van der Waals surface area contributed by atoms with Crippen molar-refractivity contribution in [3.63, 3.8) is 0 Å². The predicted molar refractivity (Wildman–Crippen MR) is 81.7 cm³/mol. The van der Waals surface area contributed by atoms with Crippen LogP contribution in [0.3, 0.4) is 0 Å². The highest BCUT2D eigenvalue weighted by Gasteiger charge is 2.08. The molecule has 1 aromatic heterocycles. The fraction of sp³-hybridized carbons (Fsp3) is 0.125. The topological polar surface area (TPSA) is 14.2 Å². The first kappa shape index (κ1) is 12.3. The SMILES string of the molecule is COc1ccc2c(c1)c(Br)cn2Cc1ccccc1. The number of rotatable bonds is 3. The summed E-state index contributed by atoms with van der Waals surface area (Å²) in [5, 5.41) is 1.18. The van der Waals surface area contributed by atoms with Crippen LogP contribution in [0.1, 0.15) is 5.56 Å². The fourth-order valence-corrected chi connectivity index (χ4v) is 2.84. The van der Waals surface area contributed by atoms with Gasteiger partial charge in [-0.1, -0.05) is 30.3 Å². The standard InChI is InChI=1S/C16H14BrNO/c1-19-13-7-8-16-14(9-13)15(17)11-18(16)10-12-5-3-2-4-6-12/h2-9,11H,10H2,1H3. The molecule has 0 radical (unpaired) electrons. The Kier molecular flexibility index (Phi) is 3.30. The van der Waals surface area contributed by atoms with E-state index in [9.17, 15) is 0 Å². The van der Waals surface area contributed by atoms with Gasteiger partial charge < -0.3 is 9.30 Å². The molecule has 3 heteroatoms. The first-order valence-electron chi connectivity index (χ1n) is 6.14. The van der Waals surface area contributed by atoms with Crippen molar-refractivity contribution in [1.29, 1.82) is 0 Å². The number of halogens is 1. The van der Waals surface area contributed by atoms with E-state index in [1.54, 1.807) is 7.11 Å². The summed E-state index contributed by atoms with van der Waals surface area (Å²) in [5.74, 6) is 0.880. The smallest absolute Gasteiger partial charge is 0.119 e. The molecule has 0 bridgehead atoms. The fourth-order valence-electron chi connectivity index (χ4n) is 2.27. The lowest BCUT2D eigenvalue weighted by atomic mass is 10.2. The maximum Gasteiger partial charge on any atom is 0.119 e. The summed E-state index contributed by atoms with van der Waals surface area (Å²) < 4.78 is 8.61. The summed E-state index contributed by atoms with van der Waals surface area (Å²) in [6, 6.07) is 16.6. The zero-order valence-electron chi connectivity index (χ0n) is 10.6. The maximum absolute atomic E-state index is 5.27. The van der Waals surface area contributed by atoms with E-state index in [2.05, 4.69) is 63.1 Å². The van der Waals surface area contributed by atoms with Crippen molar-refractivity contribution in [2.45, 2.75) is 6.54 Å². The largest absolute Gasteiger partial charge is 0.497 e. The van der Waals surface area contributed by atoms with Crippen molar-refractivity contribution >= 4 is 26.8 Å². The minimum Gasteiger partial charge on any atom is -0.497 e. The number of hydrogen-bond donors (Lipinski definition) is 0. The monoisotopic (exact) mass is 315 g/mol. The predicted octanol–water partition coefficient (Wildman–Crippen LogP) is 4.46. The molecule has 19 heavy (non-hydrogen) atoms. The Morgan fingerprint density at radius 1 is 1.11 bits per heavy atom. The molecular weight excluding hydrogens is 302 g/mol. The van der Waals surface area contributed by atoms with Crippen molar-refractivity contribution in [1.82, 2.24) is 4.57 Å². The van der Waals surface area contributed by atoms with E-state index in [-0.39, 0.29) is 0 Å². The summed E-state index contributed by atoms with van der Waals surface area (Å²) in [5.41, 5.74) is 2.50. The number of fused-ring (bicyclic) bond motifs is 1. The number of ether oxygens (including phenoxy) is 1. The zero-order chi connectivity index (χ0) is 13.2. The third-order valence-corrected chi connectivity index (χ3v) is 3.87. The Labute approximate surface area is 120 Å². The molecule has 0 N–H and O–H groups in total. The summed E-state index contributed by atoms with van der Waals surface area (Å²) in [6.45, 7) is 0.870. The van der Waals surface area contributed by atoms with Crippen LogP contribution >= 0.6 is 15.9 Å². The van der Waals surface area contributed by atoms with Gasteiger partial charge in [0.2, 0.25) is 0 Å². The lowest BCUT2D eigenvalue weighted by Crippen LogP contribution is -1.97. The van der Waals surface area contributed by atoms with Crippen LogP contribution in [-0.2, 0) is 6.54 Å². The van der Waals surface area contributed by atoms with E-state index in [1.807, 2.05) is 12.1 Å². The minimum atomic E-state index is 0.870. The van der Waals surface area contributed by atoms with E-state index in [1.165, 1.54) is 16.5 Å². The number of hydrogen-bond acceptors (Lipinski definition) is 1. The van der Waals surface area contributed by atoms with Gasteiger partial charge in [0.15, 0.2) is 0 Å². The van der Waals surface area contributed by atoms with Gasteiger partial charge in [0.05, 0.1) is 7.11 Å². The average Bonchev–Trinajstić information content (AvgIpc) is 2.76. The lowest BCUT2D eigenvalue weighted by Gasteiger charge is -2.06. The number of benzene rings is 2. The molecule has 0 aliphatic rings. The normalized spacial score (nSPS) is 10.8. The summed E-state index contributed by atoms with van der Waals surface area (Å²) >= 11 is 3.62. The lowest BCUT2D eigenvalue weighted by molar-refractivity contribution is 0.415. The van der Waals surface area contributed by atoms with Gasteiger partial charge in [-0.3, -0.25) is 0 Å². The number of nitrogens with zero attached hydrogens (tertiary/aromatic N) is 1. The minimum absolute atomic E-state index is 0.870. The van der Waals surface area contributed by atoms with Gasteiger partial charge >= 0.3 is 0 Å². The van der Waals surface area contributed by atoms with Crippen LogP contribution in [0.25, 0.3) is 10.9 Å². The zero-order valence-corrected chi connectivity index (χ0v) is 12.2. The maximum atomic E-state index is 5.27. The Balaban J connectivity index is 2.05. The number of aromatic nitrogens is 1. The van der Waals surface area contributed by atoms with Gasteiger partial charge in [-0.15, -0.1) is 0 Å². The molecule has 96 valence electrons. The van der Waals surface area contributed by atoms with Crippen molar-refractivity contribution in [2.24, 2.45) is 0 Å². The van der Waals surface area contributed by atoms with E-state index in [0.717, 1.165) is 16.8 Å². The molecule has 0 saturated carbocycles. The Morgan fingerprint density at radius 3 is 2.63 bits per heavy atom. The molecule has 3 aromatic rings. The van der Waals surface area contributed by atoms with Crippen LogP contribution in [-0.4, -0.2) is 11.7 Å². The summed E-state index contributed by atoms with van der Waals surface area (Å²) in [4.78, 5) is 0. The Hall–Kier alpha value is -1.74. The van der Waals surface area contributed by atoms with Gasteiger partial charge in [0.25, 0.3) is 0 Å². The van der Waals surface area contributed by atoms with E-state index < -0.39 is 0 Å². The molecule has 1 heterocycles. The second kappa shape index (κ2) is 5.10. The van der Waals surface area contributed by atoms with Crippen molar-refractivity contribution < 1.29 is 4.74 Å². The van der Waals surface area contributed by atoms with E-state index >= 15 is 0 Å². The van der Waals surface area contributed by atoms with E-state index in [4.69, 9.17) is 4.74 Å². The molecule has 0 fully saturated rings. The van der Waals surface area contributed by atoms with Gasteiger partial charge in [-0.05, 0) is 39.7 Å². The molecule has 2 nitrogen and oxygen atoms in total. The van der Waals surface area contributed by atoms with Crippen molar-refractivity contribution in [3.8, 4) is 5.75 Å². The average molecular weight is 316 g/mol. The molecule has 0 atom stereocenters. The van der Waals surface area contributed by atoms with Crippen LogP contribution in [0.2, 0.25) is 0 Å². The molecule has 0 amide bonds. The highest BCUT2D eigenvalue weighted by Crippen LogP contribution is 2.30. The van der Waals surface area contributed by atoms with Crippen LogP contribution < -0.4 is 4.74 Å².